The zero-order valence-corrected chi connectivity index (χ0v) is 12.5. The molecule has 19 heavy (non-hydrogen) atoms. The van der Waals surface area contributed by atoms with E-state index in [9.17, 15) is 0 Å². The SMILES string of the molecule is COc1cc(Cl)cc(CCl)c1OCC1CCOCC1. The molecule has 0 radical (unpaired) electrons. The first kappa shape index (κ1) is 14.8. The third-order valence-electron chi connectivity index (χ3n) is 3.26. The lowest BCUT2D eigenvalue weighted by Gasteiger charge is -2.23. The van der Waals surface area contributed by atoms with Gasteiger partial charge in [-0.1, -0.05) is 11.6 Å². The van der Waals surface area contributed by atoms with Crippen LogP contribution in [0.3, 0.4) is 0 Å². The van der Waals surface area contributed by atoms with E-state index in [1.54, 1.807) is 13.2 Å². The summed E-state index contributed by atoms with van der Waals surface area (Å²) < 4.78 is 16.6. The molecule has 1 aromatic carbocycles. The maximum absolute atomic E-state index is 6.02. The zero-order chi connectivity index (χ0) is 13.7. The van der Waals surface area contributed by atoms with Crippen molar-refractivity contribution in [1.82, 2.24) is 0 Å². The molecule has 0 saturated carbocycles. The van der Waals surface area contributed by atoms with E-state index in [-0.39, 0.29) is 0 Å². The number of rotatable bonds is 5. The fourth-order valence-corrected chi connectivity index (χ4v) is 2.58. The molecule has 0 atom stereocenters. The van der Waals surface area contributed by atoms with E-state index in [1.165, 1.54) is 0 Å². The van der Waals surface area contributed by atoms with Gasteiger partial charge in [0.2, 0.25) is 0 Å². The van der Waals surface area contributed by atoms with Crippen molar-refractivity contribution in [3.8, 4) is 11.5 Å². The van der Waals surface area contributed by atoms with E-state index in [1.807, 2.05) is 6.07 Å². The summed E-state index contributed by atoms with van der Waals surface area (Å²) in [6.07, 6.45) is 2.07. The van der Waals surface area contributed by atoms with Crippen LogP contribution in [-0.2, 0) is 10.6 Å². The molecule has 1 saturated heterocycles. The van der Waals surface area contributed by atoms with Crippen molar-refractivity contribution >= 4 is 23.2 Å². The topological polar surface area (TPSA) is 27.7 Å². The highest BCUT2D eigenvalue weighted by Crippen LogP contribution is 2.36. The summed E-state index contributed by atoms with van der Waals surface area (Å²) in [5.74, 6) is 2.21. The van der Waals surface area contributed by atoms with Gasteiger partial charge in [-0.2, -0.15) is 0 Å². The van der Waals surface area contributed by atoms with E-state index in [0.717, 1.165) is 31.6 Å². The minimum absolute atomic E-state index is 0.347. The molecule has 106 valence electrons. The fraction of sp³-hybridized carbons (Fsp3) is 0.571. The lowest BCUT2D eigenvalue weighted by atomic mass is 10.0. The lowest BCUT2D eigenvalue weighted by Crippen LogP contribution is -2.21. The number of hydrogen-bond donors (Lipinski definition) is 0. The van der Waals surface area contributed by atoms with E-state index in [2.05, 4.69) is 0 Å². The van der Waals surface area contributed by atoms with E-state index < -0.39 is 0 Å². The molecule has 1 aromatic rings. The van der Waals surface area contributed by atoms with Gasteiger partial charge in [0, 0.05) is 29.9 Å². The van der Waals surface area contributed by atoms with Crippen LogP contribution in [-0.4, -0.2) is 26.9 Å². The number of benzene rings is 1. The number of alkyl halides is 1. The molecule has 1 heterocycles. The summed E-state index contributed by atoms with van der Waals surface area (Å²) in [5, 5.41) is 0.603. The molecule has 2 rings (SSSR count). The smallest absolute Gasteiger partial charge is 0.165 e. The highest BCUT2D eigenvalue weighted by Gasteiger charge is 2.17. The van der Waals surface area contributed by atoms with Crippen LogP contribution >= 0.6 is 23.2 Å². The Morgan fingerprint density at radius 3 is 2.68 bits per heavy atom. The van der Waals surface area contributed by atoms with Gasteiger partial charge in [0.25, 0.3) is 0 Å². The van der Waals surface area contributed by atoms with Gasteiger partial charge in [-0.05, 0) is 24.8 Å². The van der Waals surface area contributed by atoms with Crippen LogP contribution in [0.5, 0.6) is 11.5 Å². The van der Waals surface area contributed by atoms with Crippen molar-refractivity contribution in [3.05, 3.63) is 22.7 Å². The van der Waals surface area contributed by atoms with Crippen LogP contribution in [0.2, 0.25) is 5.02 Å². The third-order valence-corrected chi connectivity index (χ3v) is 3.77. The Morgan fingerprint density at radius 1 is 1.32 bits per heavy atom. The van der Waals surface area contributed by atoms with Crippen LogP contribution in [0, 0.1) is 5.92 Å². The molecule has 5 heteroatoms. The Balaban J connectivity index is 2.09. The second kappa shape index (κ2) is 7.22. The highest BCUT2D eigenvalue weighted by molar-refractivity contribution is 6.31. The third kappa shape index (κ3) is 3.91. The fourth-order valence-electron chi connectivity index (χ4n) is 2.15. The summed E-state index contributed by atoms with van der Waals surface area (Å²) in [4.78, 5) is 0. The Hall–Kier alpha value is -0.640. The van der Waals surface area contributed by atoms with Gasteiger partial charge < -0.3 is 14.2 Å². The van der Waals surface area contributed by atoms with E-state index in [4.69, 9.17) is 37.4 Å². The molecular weight excluding hydrogens is 287 g/mol. The van der Waals surface area contributed by atoms with Crippen LogP contribution in [0.1, 0.15) is 18.4 Å². The van der Waals surface area contributed by atoms with Crippen molar-refractivity contribution in [2.45, 2.75) is 18.7 Å². The van der Waals surface area contributed by atoms with E-state index in [0.29, 0.717) is 34.9 Å². The molecule has 0 amide bonds. The van der Waals surface area contributed by atoms with Gasteiger partial charge >= 0.3 is 0 Å². The van der Waals surface area contributed by atoms with Crippen LogP contribution in [0.25, 0.3) is 0 Å². The number of ether oxygens (including phenoxy) is 3. The van der Waals surface area contributed by atoms with Crippen molar-refractivity contribution < 1.29 is 14.2 Å². The summed E-state index contributed by atoms with van der Waals surface area (Å²) >= 11 is 12.0. The van der Waals surface area contributed by atoms with Crippen LogP contribution < -0.4 is 9.47 Å². The Bertz CT molecular complexity index is 392. The van der Waals surface area contributed by atoms with Crippen molar-refractivity contribution in [2.75, 3.05) is 26.9 Å². The van der Waals surface area contributed by atoms with Gasteiger partial charge in [-0.15, -0.1) is 11.6 Å². The Labute approximate surface area is 123 Å². The largest absolute Gasteiger partial charge is 0.493 e. The summed E-state index contributed by atoms with van der Waals surface area (Å²) in [6, 6.07) is 3.56. The maximum Gasteiger partial charge on any atom is 0.165 e. The summed E-state index contributed by atoms with van der Waals surface area (Å²) in [5.41, 5.74) is 0.859. The van der Waals surface area contributed by atoms with Crippen molar-refractivity contribution in [3.63, 3.8) is 0 Å². The standard InChI is InChI=1S/C14H18Cl2O3/c1-17-13-7-12(16)6-11(8-15)14(13)19-9-10-2-4-18-5-3-10/h6-7,10H,2-5,8-9H2,1H3. The Morgan fingerprint density at radius 2 is 2.05 bits per heavy atom. The normalized spacial score (nSPS) is 16.4. The predicted octanol–water partition coefficient (Wildman–Crippen LogP) is 3.89. The highest BCUT2D eigenvalue weighted by atomic mass is 35.5. The first-order chi connectivity index (χ1) is 9.24. The molecule has 0 spiro atoms. The molecule has 1 fully saturated rings. The average Bonchev–Trinajstić information content (AvgIpc) is 2.46. The lowest BCUT2D eigenvalue weighted by molar-refractivity contribution is 0.0492. The number of halogens is 2. The number of hydrogen-bond acceptors (Lipinski definition) is 3. The second-order valence-electron chi connectivity index (χ2n) is 4.60. The van der Waals surface area contributed by atoms with Gasteiger partial charge in [0.05, 0.1) is 19.6 Å². The molecule has 0 aromatic heterocycles. The van der Waals surface area contributed by atoms with Gasteiger partial charge in [-0.3, -0.25) is 0 Å². The molecule has 1 aliphatic heterocycles. The Kier molecular flexibility index (Phi) is 5.61. The van der Waals surface area contributed by atoms with Crippen LogP contribution in [0.4, 0.5) is 0 Å². The molecule has 0 aliphatic carbocycles. The van der Waals surface area contributed by atoms with Crippen LogP contribution in [0.15, 0.2) is 12.1 Å². The van der Waals surface area contributed by atoms with E-state index >= 15 is 0 Å². The molecule has 0 N–H and O–H groups in total. The summed E-state index contributed by atoms with van der Waals surface area (Å²) in [6.45, 7) is 2.29. The maximum atomic E-state index is 6.02. The van der Waals surface area contributed by atoms with Crippen molar-refractivity contribution in [2.24, 2.45) is 5.92 Å². The predicted molar refractivity (Wildman–Crippen MR) is 76.6 cm³/mol. The van der Waals surface area contributed by atoms with Gasteiger partial charge in [-0.25, -0.2) is 0 Å². The molecule has 1 aliphatic rings. The zero-order valence-electron chi connectivity index (χ0n) is 11.0. The molecular formula is C14H18Cl2O3. The molecule has 0 bridgehead atoms. The molecule has 0 unspecified atom stereocenters. The average molecular weight is 305 g/mol. The van der Waals surface area contributed by atoms with Gasteiger partial charge in [0.15, 0.2) is 11.5 Å². The monoisotopic (exact) mass is 304 g/mol. The van der Waals surface area contributed by atoms with Gasteiger partial charge in [0.1, 0.15) is 0 Å². The minimum Gasteiger partial charge on any atom is -0.493 e. The number of methoxy groups -OCH3 is 1. The molecule has 3 nitrogen and oxygen atoms in total. The minimum atomic E-state index is 0.347. The first-order valence-electron chi connectivity index (χ1n) is 6.37. The quantitative estimate of drug-likeness (QED) is 0.772. The summed E-state index contributed by atoms with van der Waals surface area (Å²) in [7, 11) is 1.60. The first-order valence-corrected chi connectivity index (χ1v) is 7.28. The van der Waals surface area contributed by atoms with Crippen molar-refractivity contribution in [1.29, 1.82) is 0 Å². The second-order valence-corrected chi connectivity index (χ2v) is 5.30.